The van der Waals surface area contributed by atoms with Gasteiger partial charge in [-0.05, 0) is 26.6 Å². The number of rotatable bonds is 6. The van der Waals surface area contributed by atoms with Gasteiger partial charge in [-0.1, -0.05) is 0 Å². The molecule has 0 rings (SSSR count). The second-order valence-corrected chi connectivity index (χ2v) is 2.40. The maximum atomic E-state index is 9.93. The number of aldehydes is 1. The van der Waals surface area contributed by atoms with Crippen molar-refractivity contribution in [2.24, 2.45) is 5.73 Å². The van der Waals surface area contributed by atoms with Crippen LogP contribution in [0.2, 0.25) is 0 Å². The molecule has 0 saturated heterocycles. The Kier molecular flexibility index (Phi) is 6.43. The van der Waals surface area contributed by atoms with E-state index in [1.165, 1.54) is 0 Å². The zero-order chi connectivity index (χ0) is 7.82. The maximum absolute atomic E-state index is 9.93. The van der Waals surface area contributed by atoms with Crippen LogP contribution < -0.4 is 5.73 Å². The molecule has 0 spiro atoms. The minimum absolute atomic E-state index is 0.626. The van der Waals surface area contributed by atoms with E-state index in [0.717, 1.165) is 32.3 Å². The van der Waals surface area contributed by atoms with Crippen LogP contribution in [0.4, 0.5) is 0 Å². The molecular formula is C7H16N2O. The van der Waals surface area contributed by atoms with E-state index in [4.69, 9.17) is 5.73 Å². The molecule has 0 aliphatic heterocycles. The van der Waals surface area contributed by atoms with Crippen LogP contribution in [0.3, 0.4) is 0 Å². The molecule has 0 saturated carbocycles. The van der Waals surface area contributed by atoms with Crippen molar-refractivity contribution in [2.75, 3.05) is 26.7 Å². The minimum Gasteiger partial charge on any atom is -0.330 e. The van der Waals surface area contributed by atoms with Gasteiger partial charge >= 0.3 is 0 Å². The van der Waals surface area contributed by atoms with Gasteiger partial charge in [0, 0.05) is 13.0 Å². The summed E-state index contributed by atoms with van der Waals surface area (Å²) in [6.45, 7) is 2.57. The second kappa shape index (κ2) is 6.71. The van der Waals surface area contributed by atoms with Crippen molar-refractivity contribution in [2.45, 2.75) is 12.8 Å². The van der Waals surface area contributed by atoms with E-state index in [1.807, 2.05) is 7.05 Å². The molecule has 3 nitrogen and oxygen atoms in total. The lowest BCUT2D eigenvalue weighted by Gasteiger charge is -2.13. The van der Waals surface area contributed by atoms with E-state index in [1.54, 1.807) is 0 Å². The largest absolute Gasteiger partial charge is 0.330 e. The molecule has 10 heavy (non-hydrogen) atoms. The molecule has 0 bridgehead atoms. The van der Waals surface area contributed by atoms with Crippen LogP contribution in [-0.2, 0) is 4.79 Å². The molecule has 0 aliphatic carbocycles. The first-order valence-electron chi connectivity index (χ1n) is 3.63. The van der Waals surface area contributed by atoms with Crippen molar-refractivity contribution >= 4 is 6.29 Å². The Bertz CT molecular complexity index is 85.7. The van der Waals surface area contributed by atoms with Gasteiger partial charge in [0.15, 0.2) is 0 Å². The Morgan fingerprint density at radius 2 is 2.20 bits per heavy atom. The monoisotopic (exact) mass is 144 g/mol. The third-order valence-electron chi connectivity index (χ3n) is 1.37. The first-order valence-corrected chi connectivity index (χ1v) is 3.63. The van der Waals surface area contributed by atoms with Crippen molar-refractivity contribution in [3.63, 3.8) is 0 Å². The van der Waals surface area contributed by atoms with Crippen LogP contribution in [0.1, 0.15) is 12.8 Å². The third-order valence-corrected chi connectivity index (χ3v) is 1.37. The van der Waals surface area contributed by atoms with Gasteiger partial charge in [0.25, 0.3) is 0 Å². The van der Waals surface area contributed by atoms with Gasteiger partial charge in [0.1, 0.15) is 6.29 Å². The minimum atomic E-state index is 0.626. The van der Waals surface area contributed by atoms with Gasteiger partial charge in [-0.25, -0.2) is 0 Å². The molecule has 0 unspecified atom stereocenters. The van der Waals surface area contributed by atoms with E-state index in [-0.39, 0.29) is 0 Å². The molecule has 0 aromatic carbocycles. The van der Waals surface area contributed by atoms with Crippen molar-refractivity contribution in [3.8, 4) is 0 Å². The summed E-state index contributed by atoms with van der Waals surface area (Å²) in [5.74, 6) is 0. The highest BCUT2D eigenvalue weighted by Crippen LogP contribution is 1.86. The first kappa shape index (κ1) is 9.59. The number of hydrogen-bond acceptors (Lipinski definition) is 3. The van der Waals surface area contributed by atoms with Gasteiger partial charge in [0.2, 0.25) is 0 Å². The highest BCUT2D eigenvalue weighted by atomic mass is 16.1. The highest BCUT2D eigenvalue weighted by molar-refractivity contribution is 5.49. The maximum Gasteiger partial charge on any atom is 0.121 e. The lowest BCUT2D eigenvalue weighted by Crippen LogP contribution is -2.23. The summed E-state index contributed by atoms with van der Waals surface area (Å²) in [7, 11) is 2.00. The number of nitrogens with two attached hydrogens (primary N) is 1. The molecule has 2 N–H and O–H groups in total. The smallest absolute Gasteiger partial charge is 0.121 e. The summed E-state index contributed by atoms with van der Waals surface area (Å²) in [4.78, 5) is 12.0. The topological polar surface area (TPSA) is 46.3 Å². The van der Waals surface area contributed by atoms with Gasteiger partial charge in [0.05, 0.1) is 0 Å². The Morgan fingerprint density at radius 3 is 2.70 bits per heavy atom. The Labute approximate surface area is 62.2 Å². The molecule has 0 aromatic rings. The summed E-state index contributed by atoms with van der Waals surface area (Å²) < 4.78 is 0. The standard InChI is InChI=1S/C7H16N2O/c1-9(5-2-4-8)6-3-7-10/h7H,2-6,8H2,1H3. The predicted molar refractivity (Wildman–Crippen MR) is 41.8 cm³/mol. The number of carbonyl (C=O) groups is 1. The molecule has 0 fully saturated rings. The zero-order valence-electron chi connectivity index (χ0n) is 6.55. The second-order valence-electron chi connectivity index (χ2n) is 2.40. The fourth-order valence-electron chi connectivity index (χ4n) is 0.746. The molecule has 0 amide bonds. The SMILES string of the molecule is CN(CCC=O)CCCN. The van der Waals surface area contributed by atoms with Crippen LogP contribution in [0.25, 0.3) is 0 Å². The summed E-state index contributed by atoms with van der Waals surface area (Å²) >= 11 is 0. The van der Waals surface area contributed by atoms with Crippen LogP contribution in [-0.4, -0.2) is 37.9 Å². The van der Waals surface area contributed by atoms with Gasteiger partial charge in [-0.3, -0.25) is 0 Å². The fourth-order valence-corrected chi connectivity index (χ4v) is 0.746. The highest BCUT2D eigenvalue weighted by Gasteiger charge is 1.94. The molecule has 0 atom stereocenters. The average Bonchev–Trinajstić information content (AvgIpc) is 1.97. The van der Waals surface area contributed by atoms with Crippen LogP contribution in [0, 0.1) is 0 Å². The summed E-state index contributed by atoms with van der Waals surface area (Å²) in [6, 6.07) is 0. The zero-order valence-corrected chi connectivity index (χ0v) is 6.55. The van der Waals surface area contributed by atoms with E-state index >= 15 is 0 Å². The Balaban J connectivity index is 3.07. The quantitative estimate of drug-likeness (QED) is 0.528. The van der Waals surface area contributed by atoms with Gasteiger partial charge < -0.3 is 15.4 Å². The molecule has 0 radical (unpaired) electrons. The van der Waals surface area contributed by atoms with Crippen molar-refractivity contribution < 1.29 is 4.79 Å². The van der Waals surface area contributed by atoms with E-state index in [9.17, 15) is 4.79 Å². The Hall–Kier alpha value is -0.410. The third kappa shape index (κ3) is 5.72. The lowest BCUT2D eigenvalue weighted by molar-refractivity contribution is -0.108. The molecule has 3 heteroatoms. The first-order chi connectivity index (χ1) is 4.81. The van der Waals surface area contributed by atoms with Crippen LogP contribution in [0.5, 0.6) is 0 Å². The number of nitrogens with zero attached hydrogens (tertiary/aromatic N) is 1. The lowest BCUT2D eigenvalue weighted by atomic mass is 10.3. The van der Waals surface area contributed by atoms with E-state index < -0.39 is 0 Å². The van der Waals surface area contributed by atoms with Crippen molar-refractivity contribution in [3.05, 3.63) is 0 Å². The van der Waals surface area contributed by atoms with E-state index in [0.29, 0.717) is 6.42 Å². The molecule has 60 valence electrons. The summed E-state index contributed by atoms with van der Waals surface area (Å²) in [5.41, 5.74) is 5.31. The summed E-state index contributed by atoms with van der Waals surface area (Å²) in [5, 5.41) is 0. The predicted octanol–water partition coefficient (Wildman–Crippen LogP) is -0.144. The molecular weight excluding hydrogens is 128 g/mol. The van der Waals surface area contributed by atoms with Crippen molar-refractivity contribution in [1.82, 2.24) is 4.90 Å². The van der Waals surface area contributed by atoms with Gasteiger partial charge in [-0.15, -0.1) is 0 Å². The van der Waals surface area contributed by atoms with Crippen LogP contribution in [0.15, 0.2) is 0 Å². The summed E-state index contributed by atoms with van der Waals surface area (Å²) in [6.07, 6.45) is 2.58. The molecule has 0 aliphatic rings. The Morgan fingerprint density at radius 1 is 1.50 bits per heavy atom. The average molecular weight is 144 g/mol. The van der Waals surface area contributed by atoms with E-state index in [2.05, 4.69) is 4.90 Å². The molecule has 0 heterocycles. The fraction of sp³-hybridized carbons (Fsp3) is 0.857. The van der Waals surface area contributed by atoms with Crippen molar-refractivity contribution in [1.29, 1.82) is 0 Å². The number of carbonyl (C=O) groups excluding carboxylic acids is 1. The number of hydrogen-bond donors (Lipinski definition) is 1. The molecule has 0 aromatic heterocycles. The van der Waals surface area contributed by atoms with Crippen LogP contribution >= 0.6 is 0 Å². The van der Waals surface area contributed by atoms with Gasteiger partial charge in [-0.2, -0.15) is 0 Å². The normalized spacial score (nSPS) is 10.3.